The minimum atomic E-state index is -4.84. The smallest absolute Gasteiger partial charge is 0.506 e. The van der Waals surface area contributed by atoms with E-state index in [1.54, 1.807) is 0 Å². The SMILES string of the molecule is Nc1ncc(O)cc1OC(F)(F)F. The maximum absolute atomic E-state index is 11.7. The highest BCUT2D eigenvalue weighted by Crippen LogP contribution is 2.29. The molecule has 1 aromatic rings. The molecule has 0 aliphatic heterocycles. The number of halogens is 3. The predicted octanol–water partition coefficient (Wildman–Crippen LogP) is 1.27. The zero-order chi connectivity index (χ0) is 10.1. The lowest BCUT2D eigenvalue weighted by Crippen LogP contribution is -2.18. The average Bonchev–Trinajstić information content (AvgIpc) is 1.94. The minimum Gasteiger partial charge on any atom is -0.506 e. The summed E-state index contributed by atoms with van der Waals surface area (Å²) >= 11 is 0. The molecule has 3 N–H and O–H groups in total. The van der Waals surface area contributed by atoms with Gasteiger partial charge in [-0.2, -0.15) is 0 Å². The Balaban J connectivity index is 2.94. The van der Waals surface area contributed by atoms with Gasteiger partial charge >= 0.3 is 6.36 Å². The Hall–Kier alpha value is -1.66. The summed E-state index contributed by atoms with van der Waals surface area (Å²) in [5.41, 5.74) is 5.05. The van der Waals surface area contributed by atoms with E-state index in [1.165, 1.54) is 0 Å². The van der Waals surface area contributed by atoms with E-state index in [0.29, 0.717) is 0 Å². The number of rotatable bonds is 1. The van der Waals surface area contributed by atoms with Crippen LogP contribution in [0.4, 0.5) is 19.0 Å². The zero-order valence-corrected chi connectivity index (χ0v) is 6.17. The summed E-state index contributed by atoms with van der Waals surface area (Å²) in [6, 6.07) is 0.732. The van der Waals surface area contributed by atoms with Gasteiger partial charge in [0.1, 0.15) is 5.75 Å². The van der Waals surface area contributed by atoms with Crippen molar-refractivity contribution in [3.8, 4) is 11.5 Å². The van der Waals surface area contributed by atoms with E-state index in [0.717, 1.165) is 12.3 Å². The molecule has 0 fully saturated rings. The molecule has 0 aromatic carbocycles. The summed E-state index contributed by atoms with van der Waals surface area (Å²) in [7, 11) is 0. The first-order valence-corrected chi connectivity index (χ1v) is 3.09. The average molecular weight is 194 g/mol. The van der Waals surface area contributed by atoms with Gasteiger partial charge in [0, 0.05) is 6.07 Å². The van der Waals surface area contributed by atoms with Gasteiger partial charge in [-0.15, -0.1) is 13.2 Å². The number of aromatic hydroxyl groups is 1. The molecule has 0 saturated carbocycles. The molecule has 0 aliphatic rings. The van der Waals surface area contributed by atoms with Crippen molar-refractivity contribution in [3.05, 3.63) is 12.3 Å². The van der Waals surface area contributed by atoms with Crippen LogP contribution in [0.5, 0.6) is 11.5 Å². The van der Waals surface area contributed by atoms with Gasteiger partial charge in [0.2, 0.25) is 0 Å². The number of pyridine rings is 1. The Labute approximate surface area is 70.8 Å². The van der Waals surface area contributed by atoms with Crippen LogP contribution >= 0.6 is 0 Å². The largest absolute Gasteiger partial charge is 0.573 e. The van der Waals surface area contributed by atoms with Crippen LogP contribution < -0.4 is 10.5 Å². The van der Waals surface area contributed by atoms with E-state index in [-0.39, 0.29) is 0 Å². The van der Waals surface area contributed by atoms with Gasteiger partial charge in [-0.3, -0.25) is 0 Å². The maximum Gasteiger partial charge on any atom is 0.573 e. The summed E-state index contributed by atoms with van der Waals surface area (Å²) in [5.74, 6) is -1.60. The van der Waals surface area contributed by atoms with E-state index in [4.69, 9.17) is 10.8 Å². The van der Waals surface area contributed by atoms with Gasteiger partial charge in [-0.05, 0) is 0 Å². The lowest BCUT2D eigenvalue weighted by Gasteiger charge is -2.09. The van der Waals surface area contributed by atoms with E-state index in [2.05, 4.69) is 9.72 Å². The van der Waals surface area contributed by atoms with E-state index in [1.807, 2.05) is 0 Å². The predicted molar refractivity (Wildman–Crippen MR) is 37.0 cm³/mol. The van der Waals surface area contributed by atoms with Crippen molar-refractivity contribution >= 4 is 5.82 Å². The fourth-order valence-electron chi connectivity index (χ4n) is 0.651. The Morgan fingerprint density at radius 2 is 2.08 bits per heavy atom. The Kier molecular flexibility index (Phi) is 2.18. The molecular weight excluding hydrogens is 189 g/mol. The molecule has 0 atom stereocenters. The van der Waals surface area contributed by atoms with Crippen molar-refractivity contribution in [1.82, 2.24) is 4.98 Å². The normalized spacial score (nSPS) is 11.3. The molecule has 1 aromatic heterocycles. The third-order valence-electron chi connectivity index (χ3n) is 1.09. The standard InChI is InChI=1S/C6H5F3N2O2/c7-6(8,9)13-4-1-3(12)2-11-5(4)10/h1-2,12H,(H2,10,11). The summed E-state index contributed by atoms with van der Waals surface area (Å²) in [5, 5.41) is 8.77. The summed E-state index contributed by atoms with van der Waals surface area (Å²) < 4.78 is 38.5. The number of aromatic nitrogens is 1. The molecule has 0 amide bonds. The van der Waals surface area contributed by atoms with Crippen LogP contribution in [0.25, 0.3) is 0 Å². The fourth-order valence-corrected chi connectivity index (χ4v) is 0.651. The third-order valence-corrected chi connectivity index (χ3v) is 1.09. The van der Waals surface area contributed by atoms with Gasteiger partial charge < -0.3 is 15.6 Å². The monoisotopic (exact) mass is 194 g/mol. The molecule has 1 rings (SSSR count). The van der Waals surface area contributed by atoms with Crippen LogP contribution in [0.15, 0.2) is 12.3 Å². The number of hydrogen-bond acceptors (Lipinski definition) is 4. The Morgan fingerprint density at radius 1 is 1.46 bits per heavy atom. The number of nitrogens with two attached hydrogens (primary N) is 1. The molecule has 7 heteroatoms. The molecule has 0 aliphatic carbocycles. The van der Waals surface area contributed by atoms with Crippen LogP contribution in [0.1, 0.15) is 0 Å². The highest BCUT2D eigenvalue weighted by atomic mass is 19.4. The van der Waals surface area contributed by atoms with Crippen molar-refractivity contribution in [2.45, 2.75) is 6.36 Å². The van der Waals surface area contributed by atoms with E-state index >= 15 is 0 Å². The highest BCUT2D eigenvalue weighted by Gasteiger charge is 2.32. The fraction of sp³-hybridized carbons (Fsp3) is 0.167. The number of nitrogen functional groups attached to an aromatic ring is 1. The molecule has 13 heavy (non-hydrogen) atoms. The van der Waals surface area contributed by atoms with Crippen LogP contribution in [0.3, 0.4) is 0 Å². The zero-order valence-electron chi connectivity index (χ0n) is 6.17. The molecular formula is C6H5F3N2O2. The van der Waals surface area contributed by atoms with Crippen molar-refractivity contribution in [2.75, 3.05) is 5.73 Å². The van der Waals surface area contributed by atoms with Crippen molar-refractivity contribution < 1.29 is 23.0 Å². The van der Waals surface area contributed by atoms with E-state index < -0.39 is 23.7 Å². The maximum atomic E-state index is 11.7. The molecule has 0 spiro atoms. The van der Waals surface area contributed by atoms with Gasteiger partial charge in [-0.1, -0.05) is 0 Å². The lowest BCUT2D eigenvalue weighted by atomic mass is 10.4. The number of hydrogen-bond donors (Lipinski definition) is 2. The molecule has 0 bridgehead atoms. The minimum absolute atomic E-state index is 0.435. The Morgan fingerprint density at radius 3 is 2.62 bits per heavy atom. The van der Waals surface area contributed by atoms with Gasteiger partial charge in [-0.25, -0.2) is 4.98 Å². The molecule has 1 heterocycles. The van der Waals surface area contributed by atoms with Gasteiger partial charge in [0.15, 0.2) is 11.6 Å². The second-order valence-electron chi connectivity index (χ2n) is 2.12. The highest BCUT2D eigenvalue weighted by molar-refractivity contribution is 5.48. The van der Waals surface area contributed by atoms with Crippen molar-refractivity contribution in [2.24, 2.45) is 0 Å². The molecule has 0 radical (unpaired) electrons. The molecule has 4 nitrogen and oxygen atoms in total. The summed E-state index contributed by atoms with van der Waals surface area (Å²) in [6.07, 6.45) is -3.93. The molecule has 0 saturated heterocycles. The topological polar surface area (TPSA) is 68.4 Å². The number of alkyl halides is 3. The molecule has 72 valence electrons. The van der Waals surface area contributed by atoms with Gasteiger partial charge in [0.25, 0.3) is 0 Å². The second-order valence-corrected chi connectivity index (χ2v) is 2.12. The first kappa shape index (κ1) is 9.43. The first-order chi connectivity index (χ1) is 5.88. The van der Waals surface area contributed by atoms with Crippen LogP contribution in [0, 0.1) is 0 Å². The third kappa shape index (κ3) is 2.69. The number of nitrogens with zero attached hydrogens (tertiary/aromatic N) is 1. The van der Waals surface area contributed by atoms with Gasteiger partial charge in [0.05, 0.1) is 6.20 Å². The lowest BCUT2D eigenvalue weighted by molar-refractivity contribution is -0.274. The number of anilines is 1. The number of ether oxygens (including phenoxy) is 1. The Bertz CT molecular complexity index is 313. The van der Waals surface area contributed by atoms with Crippen LogP contribution in [-0.4, -0.2) is 16.5 Å². The van der Waals surface area contributed by atoms with Crippen LogP contribution in [0.2, 0.25) is 0 Å². The summed E-state index contributed by atoms with van der Waals surface area (Å²) in [4.78, 5) is 3.27. The van der Waals surface area contributed by atoms with Crippen LogP contribution in [-0.2, 0) is 0 Å². The second kappa shape index (κ2) is 3.00. The van der Waals surface area contributed by atoms with Crippen molar-refractivity contribution in [1.29, 1.82) is 0 Å². The quantitative estimate of drug-likeness (QED) is 0.706. The van der Waals surface area contributed by atoms with E-state index in [9.17, 15) is 13.2 Å². The van der Waals surface area contributed by atoms with Crippen molar-refractivity contribution in [3.63, 3.8) is 0 Å². The summed E-state index contributed by atoms with van der Waals surface area (Å²) in [6.45, 7) is 0. The first-order valence-electron chi connectivity index (χ1n) is 3.09. The molecule has 0 unspecified atom stereocenters.